The van der Waals surface area contributed by atoms with Gasteiger partial charge >= 0.3 is 0 Å². The molecule has 3 aromatic carbocycles. The van der Waals surface area contributed by atoms with Gasteiger partial charge in [0.2, 0.25) is 0 Å². The van der Waals surface area contributed by atoms with Gasteiger partial charge in [-0.2, -0.15) is 0 Å². The molecule has 3 nitrogen and oxygen atoms in total. The van der Waals surface area contributed by atoms with Crippen LogP contribution in [-0.4, -0.2) is 17.4 Å². The quantitative estimate of drug-likeness (QED) is 0.315. The van der Waals surface area contributed by atoms with Gasteiger partial charge in [-0.05, 0) is 73.4 Å². The van der Waals surface area contributed by atoms with Gasteiger partial charge in [0.25, 0.3) is 0 Å². The molecule has 3 heteroatoms. The highest BCUT2D eigenvalue weighted by Gasteiger charge is 2.09. The molecular weight excluding hydrogens is 356 g/mol. The summed E-state index contributed by atoms with van der Waals surface area (Å²) in [5, 5.41) is 2.54. The number of aliphatic imine (C=N–C) groups is 1. The van der Waals surface area contributed by atoms with E-state index in [9.17, 15) is 0 Å². The van der Waals surface area contributed by atoms with Crippen LogP contribution in [0.2, 0.25) is 0 Å². The number of hydrogen-bond donors (Lipinski definition) is 0. The van der Waals surface area contributed by atoms with Gasteiger partial charge in [0.15, 0.2) is 0 Å². The maximum Gasteiger partial charge on any atom is 0.119 e. The largest absolute Gasteiger partial charge is 0.494 e. The normalized spacial score (nSPS) is 11.9. The van der Waals surface area contributed by atoms with Crippen LogP contribution < -0.4 is 4.74 Å². The SMILES string of the molecule is CCn1c2ccccc2c2cc(N=Cc3ccc(OCCC(C)C)cc3)ccc21. The summed E-state index contributed by atoms with van der Waals surface area (Å²) in [6, 6.07) is 23.2. The Morgan fingerprint density at radius 2 is 1.69 bits per heavy atom. The van der Waals surface area contributed by atoms with Gasteiger partial charge < -0.3 is 9.30 Å². The molecule has 4 rings (SSSR count). The predicted molar refractivity (Wildman–Crippen MR) is 124 cm³/mol. The Bertz CT molecular complexity index is 1140. The summed E-state index contributed by atoms with van der Waals surface area (Å²) in [5.74, 6) is 1.57. The van der Waals surface area contributed by atoms with Gasteiger partial charge in [-0.15, -0.1) is 0 Å². The zero-order valence-electron chi connectivity index (χ0n) is 17.4. The zero-order chi connectivity index (χ0) is 20.2. The molecule has 1 heterocycles. The molecule has 0 saturated heterocycles. The first-order valence-electron chi connectivity index (χ1n) is 10.4. The van der Waals surface area contributed by atoms with E-state index in [2.05, 4.69) is 79.9 Å². The van der Waals surface area contributed by atoms with Crippen molar-refractivity contribution in [3.05, 3.63) is 72.3 Å². The fourth-order valence-electron chi connectivity index (χ4n) is 3.67. The number of aryl methyl sites for hydroxylation is 1. The summed E-state index contributed by atoms with van der Waals surface area (Å²) < 4.78 is 8.15. The van der Waals surface area contributed by atoms with Crippen molar-refractivity contribution in [2.45, 2.75) is 33.7 Å². The number of ether oxygens (including phenoxy) is 1. The van der Waals surface area contributed by atoms with E-state index in [1.165, 1.54) is 21.8 Å². The minimum atomic E-state index is 0.657. The number of nitrogens with zero attached hydrogens (tertiary/aromatic N) is 2. The van der Waals surface area contributed by atoms with Crippen LogP contribution in [0.4, 0.5) is 5.69 Å². The number of rotatable bonds is 7. The minimum Gasteiger partial charge on any atom is -0.494 e. The molecule has 148 valence electrons. The molecule has 1 aromatic heterocycles. The van der Waals surface area contributed by atoms with Crippen molar-refractivity contribution in [2.75, 3.05) is 6.61 Å². The van der Waals surface area contributed by atoms with E-state index >= 15 is 0 Å². The van der Waals surface area contributed by atoms with Gasteiger partial charge in [0, 0.05) is 34.6 Å². The highest BCUT2D eigenvalue weighted by molar-refractivity contribution is 6.09. The molecule has 0 amide bonds. The molecule has 4 aromatic rings. The summed E-state index contributed by atoms with van der Waals surface area (Å²) in [6.45, 7) is 8.32. The summed E-state index contributed by atoms with van der Waals surface area (Å²) in [4.78, 5) is 4.71. The summed E-state index contributed by atoms with van der Waals surface area (Å²) in [6.07, 6.45) is 2.98. The first kappa shape index (κ1) is 19.3. The van der Waals surface area contributed by atoms with Crippen LogP contribution in [0.5, 0.6) is 5.75 Å². The van der Waals surface area contributed by atoms with Crippen molar-refractivity contribution >= 4 is 33.7 Å². The molecule has 0 saturated carbocycles. The topological polar surface area (TPSA) is 26.5 Å². The van der Waals surface area contributed by atoms with Gasteiger partial charge in [-0.1, -0.05) is 32.0 Å². The number of para-hydroxylation sites is 1. The van der Waals surface area contributed by atoms with Crippen molar-refractivity contribution < 1.29 is 4.74 Å². The van der Waals surface area contributed by atoms with Gasteiger partial charge in [-0.25, -0.2) is 0 Å². The molecule has 0 aliphatic rings. The van der Waals surface area contributed by atoms with Crippen molar-refractivity contribution in [2.24, 2.45) is 10.9 Å². The maximum absolute atomic E-state index is 5.79. The molecule has 0 radical (unpaired) electrons. The second kappa shape index (κ2) is 8.52. The number of hydrogen-bond acceptors (Lipinski definition) is 2. The molecule has 0 fully saturated rings. The number of aromatic nitrogens is 1. The second-order valence-corrected chi connectivity index (χ2v) is 7.82. The van der Waals surface area contributed by atoms with E-state index in [1.807, 2.05) is 18.3 Å². The van der Waals surface area contributed by atoms with E-state index in [-0.39, 0.29) is 0 Å². The van der Waals surface area contributed by atoms with Gasteiger partial charge in [0.05, 0.1) is 12.3 Å². The maximum atomic E-state index is 5.79. The lowest BCUT2D eigenvalue weighted by Gasteiger charge is -2.07. The molecule has 29 heavy (non-hydrogen) atoms. The van der Waals surface area contributed by atoms with E-state index in [1.54, 1.807) is 0 Å². The first-order valence-corrected chi connectivity index (χ1v) is 10.4. The summed E-state index contributed by atoms with van der Waals surface area (Å²) in [5.41, 5.74) is 4.57. The van der Waals surface area contributed by atoms with E-state index in [0.29, 0.717) is 5.92 Å². The Balaban J connectivity index is 1.55. The molecule has 0 aliphatic heterocycles. The van der Waals surface area contributed by atoms with E-state index in [4.69, 9.17) is 9.73 Å². The minimum absolute atomic E-state index is 0.657. The van der Waals surface area contributed by atoms with E-state index in [0.717, 1.165) is 36.6 Å². The molecular formula is C26H28N2O. The monoisotopic (exact) mass is 384 g/mol. The third-order valence-electron chi connectivity index (χ3n) is 5.28. The molecule has 0 N–H and O–H groups in total. The highest BCUT2D eigenvalue weighted by atomic mass is 16.5. The van der Waals surface area contributed by atoms with Crippen LogP contribution in [0.15, 0.2) is 71.7 Å². The van der Waals surface area contributed by atoms with E-state index < -0.39 is 0 Å². The molecule has 0 aliphatic carbocycles. The zero-order valence-corrected chi connectivity index (χ0v) is 17.4. The smallest absolute Gasteiger partial charge is 0.119 e. The lowest BCUT2D eigenvalue weighted by Crippen LogP contribution is -2.01. The van der Waals surface area contributed by atoms with Crippen LogP contribution in [0.3, 0.4) is 0 Å². The van der Waals surface area contributed by atoms with Crippen molar-refractivity contribution in [1.82, 2.24) is 4.57 Å². The average molecular weight is 385 g/mol. The van der Waals surface area contributed by atoms with Crippen LogP contribution in [0.25, 0.3) is 21.8 Å². The lowest BCUT2D eigenvalue weighted by molar-refractivity contribution is 0.289. The summed E-state index contributed by atoms with van der Waals surface area (Å²) >= 11 is 0. The molecule has 0 bridgehead atoms. The fourth-order valence-corrected chi connectivity index (χ4v) is 3.67. The fraction of sp³-hybridized carbons (Fsp3) is 0.269. The lowest BCUT2D eigenvalue weighted by atomic mass is 10.1. The predicted octanol–water partition coefficient (Wildman–Crippen LogP) is 6.99. The second-order valence-electron chi connectivity index (χ2n) is 7.82. The average Bonchev–Trinajstić information content (AvgIpc) is 3.06. The molecule has 0 unspecified atom stereocenters. The Morgan fingerprint density at radius 3 is 2.45 bits per heavy atom. The number of fused-ring (bicyclic) bond motifs is 3. The highest BCUT2D eigenvalue weighted by Crippen LogP contribution is 2.31. The molecule has 0 atom stereocenters. The van der Waals surface area contributed by atoms with Crippen molar-refractivity contribution in [3.63, 3.8) is 0 Å². The summed E-state index contributed by atoms with van der Waals surface area (Å²) in [7, 11) is 0. The van der Waals surface area contributed by atoms with Crippen molar-refractivity contribution in [1.29, 1.82) is 0 Å². The van der Waals surface area contributed by atoms with Crippen LogP contribution in [0.1, 0.15) is 32.8 Å². The third kappa shape index (κ3) is 4.19. The van der Waals surface area contributed by atoms with Crippen LogP contribution in [0, 0.1) is 5.92 Å². The Labute approximate surface area is 172 Å². The Morgan fingerprint density at radius 1 is 0.931 bits per heavy atom. The van der Waals surface area contributed by atoms with Crippen molar-refractivity contribution in [3.8, 4) is 5.75 Å². The van der Waals surface area contributed by atoms with Crippen LogP contribution in [-0.2, 0) is 6.54 Å². The van der Waals surface area contributed by atoms with Crippen LogP contribution >= 0.6 is 0 Å². The third-order valence-corrected chi connectivity index (χ3v) is 5.28. The number of benzene rings is 3. The Hall–Kier alpha value is -3.07. The van der Waals surface area contributed by atoms with Gasteiger partial charge in [-0.3, -0.25) is 4.99 Å². The standard InChI is InChI=1S/C26H28N2O/c1-4-28-25-8-6-5-7-23(25)24-17-21(11-14-26(24)28)27-18-20-9-12-22(13-10-20)29-16-15-19(2)3/h5-14,17-19H,4,15-16H2,1-3H3. The van der Waals surface area contributed by atoms with Gasteiger partial charge in [0.1, 0.15) is 5.75 Å². The first-order chi connectivity index (χ1) is 14.2. The molecule has 0 spiro atoms. The Kier molecular flexibility index (Phi) is 5.66.